The van der Waals surface area contributed by atoms with E-state index in [1.807, 2.05) is 12.1 Å². The molecule has 30 heavy (non-hydrogen) atoms. The summed E-state index contributed by atoms with van der Waals surface area (Å²) in [7, 11) is 0. The van der Waals surface area contributed by atoms with Crippen molar-refractivity contribution in [2.24, 2.45) is 0 Å². The van der Waals surface area contributed by atoms with Crippen molar-refractivity contribution in [1.82, 2.24) is 0 Å². The Bertz CT molecular complexity index is 1070. The van der Waals surface area contributed by atoms with E-state index < -0.39 is 0 Å². The van der Waals surface area contributed by atoms with Crippen molar-refractivity contribution in [2.75, 3.05) is 10.2 Å². The van der Waals surface area contributed by atoms with E-state index in [0.717, 1.165) is 40.1 Å². The van der Waals surface area contributed by atoms with Crippen molar-refractivity contribution in [2.45, 2.75) is 39.4 Å². The van der Waals surface area contributed by atoms with Gasteiger partial charge in [-0.1, -0.05) is 76.6 Å². The second kappa shape index (κ2) is 8.57. The fourth-order valence-corrected chi connectivity index (χ4v) is 3.98. The van der Waals surface area contributed by atoms with Gasteiger partial charge >= 0.3 is 0 Å². The van der Waals surface area contributed by atoms with E-state index in [1.165, 1.54) is 11.1 Å². The Morgan fingerprint density at radius 1 is 0.833 bits per heavy atom. The number of furan rings is 1. The molecule has 0 saturated carbocycles. The van der Waals surface area contributed by atoms with Crippen molar-refractivity contribution in [3.05, 3.63) is 94.5 Å². The van der Waals surface area contributed by atoms with Gasteiger partial charge in [0.05, 0.1) is 0 Å². The van der Waals surface area contributed by atoms with Crippen molar-refractivity contribution in [1.29, 1.82) is 0 Å². The number of rotatable bonds is 6. The van der Waals surface area contributed by atoms with Gasteiger partial charge in [-0.05, 0) is 50.1 Å². The lowest BCUT2D eigenvalue weighted by molar-refractivity contribution is 0.563. The third-order valence-corrected chi connectivity index (χ3v) is 5.35. The maximum atomic E-state index is 6.31. The first-order valence-electron chi connectivity index (χ1n) is 10.2. The summed E-state index contributed by atoms with van der Waals surface area (Å²) in [5.41, 5.74) is 4.38. The summed E-state index contributed by atoms with van der Waals surface area (Å²) in [6, 6.07) is 27.4. The Morgan fingerprint density at radius 3 is 1.93 bits per heavy atom. The SMILES string of the molecule is CC(C)(C)Nc1oc2ccc(Br)cc2c1N(Cc1ccccc1)Cc1ccccc1. The van der Waals surface area contributed by atoms with Gasteiger partial charge in [0.15, 0.2) is 0 Å². The maximum absolute atomic E-state index is 6.31. The number of hydrogen-bond acceptors (Lipinski definition) is 3. The topological polar surface area (TPSA) is 28.4 Å². The molecule has 0 aliphatic rings. The molecule has 3 aromatic carbocycles. The lowest BCUT2D eigenvalue weighted by Crippen LogP contribution is -2.28. The van der Waals surface area contributed by atoms with Crippen LogP contribution in [0.25, 0.3) is 11.0 Å². The Morgan fingerprint density at radius 2 is 1.40 bits per heavy atom. The highest BCUT2D eigenvalue weighted by Gasteiger charge is 2.24. The summed E-state index contributed by atoms with van der Waals surface area (Å²) in [6.45, 7) is 8.03. The zero-order chi connectivity index (χ0) is 21.1. The van der Waals surface area contributed by atoms with Crippen LogP contribution in [0.2, 0.25) is 0 Å². The zero-order valence-corrected chi connectivity index (χ0v) is 19.2. The van der Waals surface area contributed by atoms with Crippen molar-refractivity contribution in [3.8, 4) is 0 Å². The van der Waals surface area contributed by atoms with E-state index >= 15 is 0 Å². The van der Waals surface area contributed by atoms with Crippen LogP contribution in [0.3, 0.4) is 0 Å². The number of nitrogens with one attached hydrogen (secondary N) is 1. The maximum Gasteiger partial charge on any atom is 0.218 e. The van der Waals surface area contributed by atoms with Crippen LogP contribution in [0, 0.1) is 0 Å². The van der Waals surface area contributed by atoms with E-state index in [1.54, 1.807) is 0 Å². The normalized spacial score (nSPS) is 11.6. The standard InChI is InChI=1S/C26H27BrN2O/c1-26(2,3)28-25-24(22-16-21(27)14-15-23(22)30-25)29(17-19-10-6-4-7-11-19)18-20-12-8-5-9-13-20/h4-16,28H,17-18H2,1-3H3. The van der Waals surface area contributed by atoms with Crippen LogP contribution < -0.4 is 10.2 Å². The van der Waals surface area contributed by atoms with E-state index in [2.05, 4.69) is 114 Å². The van der Waals surface area contributed by atoms with E-state index in [9.17, 15) is 0 Å². The number of anilines is 2. The van der Waals surface area contributed by atoms with Gasteiger partial charge in [0.1, 0.15) is 11.3 Å². The molecule has 4 rings (SSSR count). The summed E-state index contributed by atoms with van der Waals surface area (Å²) in [5.74, 6) is 0.808. The van der Waals surface area contributed by atoms with E-state index in [4.69, 9.17) is 4.42 Å². The quantitative estimate of drug-likeness (QED) is 0.319. The fraction of sp³-hybridized carbons (Fsp3) is 0.231. The van der Waals surface area contributed by atoms with E-state index in [-0.39, 0.29) is 5.54 Å². The minimum absolute atomic E-state index is 0.120. The zero-order valence-electron chi connectivity index (χ0n) is 17.7. The monoisotopic (exact) mass is 462 g/mol. The average molecular weight is 463 g/mol. The molecular weight excluding hydrogens is 436 g/mol. The minimum atomic E-state index is -0.120. The van der Waals surface area contributed by atoms with Crippen LogP contribution in [0.1, 0.15) is 31.9 Å². The van der Waals surface area contributed by atoms with Gasteiger partial charge in [-0.3, -0.25) is 0 Å². The molecule has 0 radical (unpaired) electrons. The first-order valence-corrected chi connectivity index (χ1v) is 11.0. The van der Waals surface area contributed by atoms with E-state index in [0.29, 0.717) is 0 Å². The second-order valence-corrected chi connectivity index (χ2v) is 9.54. The van der Waals surface area contributed by atoms with Crippen LogP contribution in [0.4, 0.5) is 11.6 Å². The molecular formula is C26H27BrN2O. The number of halogens is 1. The summed E-state index contributed by atoms with van der Waals surface area (Å²) in [4.78, 5) is 2.40. The molecule has 0 unspecified atom stereocenters. The Hall–Kier alpha value is -2.72. The Kier molecular flexibility index (Phi) is 5.87. The second-order valence-electron chi connectivity index (χ2n) is 8.62. The fourth-order valence-electron chi connectivity index (χ4n) is 3.62. The lowest BCUT2D eigenvalue weighted by atomic mass is 10.1. The predicted octanol–water partition coefficient (Wildman–Crippen LogP) is 7.61. The molecule has 154 valence electrons. The van der Waals surface area contributed by atoms with Gasteiger partial charge in [-0.2, -0.15) is 0 Å². The number of fused-ring (bicyclic) bond motifs is 1. The summed E-state index contributed by atoms with van der Waals surface area (Å²) < 4.78 is 7.35. The molecule has 0 aliphatic carbocycles. The highest BCUT2D eigenvalue weighted by Crippen LogP contribution is 2.41. The lowest BCUT2D eigenvalue weighted by Gasteiger charge is -2.28. The number of nitrogens with zero attached hydrogens (tertiary/aromatic N) is 1. The number of benzene rings is 3. The first kappa shape index (κ1) is 20.5. The molecule has 0 atom stereocenters. The molecule has 4 aromatic rings. The highest BCUT2D eigenvalue weighted by molar-refractivity contribution is 9.10. The van der Waals surface area contributed by atoms with Gasteiger partial charge in [-0.25, -0.2) is 0 Å². The molecule has 0 spiro atoms. The van der Waals surface area contributed by atoms with Crippen molar-refractivity contribution in [3.63, 3.8) is 0 Å². The molecule has 4 heteroatoms. The molecule has 0 saturated heterocycles. The Labute approximate surface area is 186 Å². The molecule has 3 nitrogen and oxygen atoms in total. The average Bonchev–Trinajstić information content (AvgIpc) is 3.04. The summed E-state index contributed by atoms with van der Waals surface area (Å²) in [5, 5.41) is 4.69. The minimum Gasteiger partial charge on any atom is -0.438 e. The van der Waals surface area contributed by atoms with Crippen LogP contribution >= 0.6 is 15.9 Å². The van der Waals surface area contributed by atoms with Gasteiger partial charge < -0.3 is 14.6 Å². The van der Waals surface area contributed by atoms with Crippen LogP contribution in [0.15, 0.2) is 87.8 Å². The third kappa shape index (κ3) is 4.88. The Balaban J connectivity index is 1.85. The molecule has 0 amide bonds. The van der Waals surface area contributed by atoms with Gasteiger partial charge in [0.25, 0.3) is 0 Å². The molecule has 0 aliphatic heterocycles. The third-order valence-electron chi connectivity index (χ3n) is 4.86. The van der Waals surface area contributed by atoms with Gasteiger partial charge in [0, 0.05) is 28.5 Å². The smallest absolute Gasteiger partial charge is 0.218 e. The summed E-state index contributed by atoms with van der Waals surface area (Å²) >= 11 is 3.64. The van der Waals surface area contributed by atoms with Crippen molar-refractivity contribution < 1.29 is 4.42 Å². The van der Waals surface area contributed by atoms with Crippen LogP contribution in [-0.4, -0.2) is 5.54 Å². The van der Waals surface area contributed by atoms with Crippen LogP contribution in [-0.2, 0) is 13.1 Å². The molecule has 1 N–H and O–H groups in total. The first-order chi connectivity index (χ1) is 14.4. The highest BCUT2D eigenvalue weighted by atomic mass is 79.9. The van der Waals surface area contributed by atoms with Crippen LogP contribution in [0.5, 0.6) is 0 Å². The number of hydrogen-bond donors (Lipinski definition) is 1. The molecule has 1 heterocycles. The predicted molar refractivity (Wildman–Crippen MR) is 130 cm³/mol. The summed E-state index contributed by atoms with van der Waals surface area (Å²) in [6.07, 6.45) is 0. The largest absolute Gasteiger partial charge is 0.438 e. The van der Waals surface area contributed by atoms with Crippen molar-refractivity contribution >= 4 is 38.5 Å². The molecule has 0 bridgehead atoms. The molecule has 0 fully saturated rings. The van der Waals surface area contributed by atoms with Gasteiger partial charge in [0.2, 0.25) is 5.88 Å². The van der Waals surface area contributed by atoms with Gasteiger partial charge in [-0.15, -0.1) is 0 Å². The molecule has 1 aromatic heterocycles.